The van der Waals surface area contributed by atoms with Gasteiger partial charge in [-0.2, -0.15) is 4.98 Å². The van der Waals surface area contributed by atoms with E-state index in [9.17, 15) is 4.79 Å². The first-order chi connectivity index (χ1) is 10.6. The molecule has 0 aliphatic carbocycles. The Labute approximate surface area is 130 Å². The largest absolute Gasteiger partial charge is 0.473 e. The van der Waals surface area contributed by atoms with Crippen molar-refractivity contribution < 1.29 is 19.4 Å². The van der Waals surface area contributed by atoms with Crippen LogP contribution in [-0.4, -0.2) is 63.5 Å². The maximum atomic E-state index is 11.0. The van der Waals surface area contributed by atoms with E-state index in [1.807, 2.05) is 0 Å². The summed E-state index contributed by atoms with van der Waals surface area (Å²) in [5, 5.41) is 9.25. The SMILES string of the molecule is O=C(O)N1CCOC(COc2nc(Cl)cc3nccnc23)C1. The van der Waals surface area contributed by atoms with Crippen LogP contribution in [0.2, 0.25) is 5.15 Å². The number of fused-ring (bicyclic) bond motifs is 1. The van der Waals surface area contributed by atoms with Gasteiger partial charge in [-0.1, -0.05) is 11.6 Å². The number of rotatable bonds is 3. The van der Waals surface area contributed by atoms with Crippen molar-refractivity contribution in [2.75, 3.05) is 26.3 Å². The van der Waals surface area contributed by atoms with Crippen molar-refractivity contribution in [1.29, 1.82) is 0 Å². The fourth-order valence-corrected chi connectivity index (χ4v) is 2.36. The van der Waals surface area contributed by atoms with Crippen molar-refractivity contribution >= 4 is 28.7 Å². The smallest absolute Gasteiger partial charge is 0.407 e. The molecule has 9 heteroatoms. The lowest BCUT2D eigenvalue weighted by atomic mass is 10.3. The molecule has 1 saturated heterocycles. The van der Waals surface area contributed by atoms with Gasteiger partial charge >= 0.3 is 6.09 Å². The molecule has 1 N–H and O–H groups in total. The Morgan fingerprint density at radius 1 is 1.50 bits per heavy atom. The molecular formula is C13H13ClN4O4. The van der Waals surface area contributed by atoms with E-state index in [1.54, 1.807) is 12.3 Å². The molecule has 0 saturated carbocycles. The third-order valence-corrected chi connectivity index (χ3v) is 3.40. The molecule has 1 fully saturated rings. The molecule has 3 rings (SSSR count). The zero-order chi connectivity index (χ0) is 15.5. The van der Waals surface area contributed by atoms with Gasteiger partial charge in [0.25, 0.3) is 0 Å². The van der Waals surface area contributed by atoms with E-state index in [0.717, 1.165) is 0 Å². The summed E-state index contributed by atoms with van der Waals surface area (Å²) in [5.74, 6) is 0.256. The Morgan fingerprint density at radius 2 is 2.32 bits per heavy atom. The quantitative estimate of drug-likeness (QED) is 0.853. The molecule has 2 aromatic heterocycles. The Bertz CT molecular complexity index is 699. The fraction of sp³-hybridized carbons (Fsp3) is 0.385. The number of carbonyl (C=O) groups is 1. The predicted octanol–water partition coefficient (Wildman–Crippen LogP) is 1.44. The van der Waals surface area contributed by atoms with Gasteiger partial charge < -0.3 is 19.5 Å². The van der Waals surface area contributed by atoms with Gasteiger partial charge in [0.1, 0.15) is 17.9 Å². The molecule has 1 atom stereocenters. The number of aromatic nitrogens is 3. The van der Waals surface area contributed by atoms with E-state index in [4.69, 9.17) is 26.2 Å². The third kappa shape index (κ3) is 3.18. The van der Waals surface area contributed by atoms with E-state index in [1.165, 1.54) is 11.1 Å². The minimum atomic E-state index is -0.967. The molecule has 116 valence electrons. The molecule has 2 aromatic rings. The Kier molecular flexibility index (Phi) is 4.21. The average molecular weight is 325 g/mol. The van der Waals surface area contributed by atoms with Gasteiger partial charge in [-0.15, -0.1) is 0 Å². The monoisotopic (exact) mass is 324 g/mol. The van der Waals surface area contributed by atoms with Crippen LogP contribution in [0.15, 0.2) is 18.5 Å². The van der Waals surface area contributed by atoms with Crippen LogP contribution < -0.4 is 4.74 Å². The molecule has 1 amide bonds. The summed E-state index contributed by atoms with van der Waals surface area (Å²) >= 11 is 5.93. The summed E-state index contributed by atoms with van der Waals surface area (Å²) in [5.41, 5.74) is 1.08. The summed E-state index contributed by atoms with van der Waals surface area (Å²) in [6.07, 6.45) is 1.76. The molecule has 0 bridgehead atoms. The van der Waals surface area contributed by atoms with Crippen LogP contribution in [0, 0.1) is 0 Å². The van der Waals surface area contributed by atoms with Crippen molar-refractivity contribution in [2.24, 2.45) is 0 Å². The second kappa shape index (κ2) is 6.29. The highest BCUT2D eigenvalue weighted by atomic mass is 35.5. The number of ether oxygens (including phenoxy) is 2. The summed E-state index contributed by atoms with van der Waals surface area (Å²) < 4.78 is 11.1. The first-order valence-corrected chi connectivity index (χ1v) is 7.01. The Balaban J connectivity index is 1.72. The summed E-state index contributed by atoms with van der Waals surface area (Å²) in [6, 6.07) is 1.60. The van der Waals surface area contributed by atoms with Gasteiger partial charge in [-0.3, -0.25) is 4.98 Å². The second-order valence-electron chi connectivity index (χ2n) is 4.71. The summed E-state index contributed by atoms with van der Waals surface area (Å²) in [7, 11) is 0. The van der Waals surface area contributed by atoms with Crippen LogP contribution in [0.25, 0.3) is 11.0 Å². The van der Waals surface area contributed by atoms with Crippen molar-refractivity contribution in [3.05, 3.63) is 23.6 Å². The van der Waals surface area contributed by atoms with Crippen LogP contribution in [0.5, 0.6) is 5.88 Å². The zero-order valence-electron chi connectivity index (χ0n) is 11.5. The number of carboxylic acid groups (broad SMARTS) is 1. The summed E-state index contributed by atoms with van der Waals surface area (Å²) in [6.45, 7) is 1.10. The average Bonchev–Trinajstić information content (AvgIpc) is 2.52. The lowest BCUT2D eigenvalue weighted by Crippen LogP contribution is -2.47. The third-order valence-electron chi connectivity index (χ3n) is 3.21. The standard InChI is InChI=1S/C13H13ClN4O4/c14-10-5-9-11(16-2-1-15-9)12(17-10)22-7-8-6-18(13(19)20)3-4-21-8/h1-2,5,8H,3-4,6-7H2,(H,19,20). The number of pyridine rings is 1. The molecular weight excluding hydrogens is 312 g/mol. The maximum Gasteiger partial charge on any atom is 0.407 e. The number of morpholine rings is 1. The van der Waals surface area contributed by atoms with E-state index in [-0.39, 0.29) is 30.3 Å². The minimum absolute atomic E-state index is 0.156. The fourth-order valence-electron chi connectivity index (χ4n) is 2.18. The van der Waals surface area contributed by atoms with Crippen LogP contribution in [0.1, 0.15) is 0 Å². The number of hydrogen-bond acceptors (Lipinski definition) is 6. The van der Waals surface area contributed by atoms with Crippen molar-refractivity contribution in [3.63, 3.8) is 0 Å². The van der Waals surface area contributed by atoms with Crippen LogP contribution in [0.4, 0.5) is 4.79 Å². The molecule has 1 unspecified atom stereocenters. The molecule has 1 aliphatic heterocycles. The first kappa shape index (κ1) is 14.7. The molecule has 0 aromatic carbocycles. The van der Waals surface area contributed by atoms with Gasteiger partial charge in [0.05, 0.1) is 18.7 Å². The van der Waals surface area contributed by atoms with Gasteiger partial charge in [-0.25, -0.2) is 9.78 Å². The van der Waals surface area contributed by atoms with Crippen molar-refractivity contribution in [1.82, 2.24) is 19.9 Å². The highest BCUT2D eigenvalue weighted by Crippen LogP contribution is 2.23. The molecule has 1 aliphatic rings. The number of halogens is 1. The minimum Gasteiger partial charge on any atom is -0.473 e. The summed E-state index contributed by atoms with van der Waals surface area (Å²) in [4.78, 5) is 24.7. The van der Waals surface area contributed by atoms with Gasteiger partial charge in [-0.05, 0) is 0 Å². The normalized spacial score (nSPS) is 18.4. The molecule has 8 nitrogen and oxygen atoms in total. The zero-order valence-corrected chi connectivity index (χ0v) is 12.2. The van der Waals surface area contributed by atoms with Crippen LogP contribution >= 0.6 is 11.6 Å². The van der Waals surface area contributed by atoms with Crippen LogP contribution in [0.3, 0.4) is 0 Å². The van der Waals surface area contributed by atoms with E-state index in [0.29, 0.717) is 24.2 Å². The van der Waals surface area contributed by atoms with E-state index < -0.39 is 6.09 Å². The molecule has 0 spiro atoms. The number of hydrogen-bond donors (Lipinski definition) is 1. The van der Waals surface area contributed by atoms with E-state index in [2.05, 4.69) is 15.0 Å². The van der Waals surface area contributed by atoms with Crippen molar-refractivity contribution in [3.8, 4) is 5.88 Å². The lowest BCUT2D eigenvalue weighted by Gasteiger charge is -2.30. The Hall–Kier alpha value is -2.19. The van der Waals surface area contributed by atoms with Gasteiger partial charge in [0.2, 0.25) is 5.88 Å². The maximum absolute atomic E-state index is 11.0. The highest BCUT2D eigenvalue weighted by Gasteiger charge is 2.24. The molecule has 3 heterocycles. The van der Waals surface area contributed by atoms with Crippen molar-refractivity contribution in [2.45, 2.75) is 6.10 Å². The number of amides is 1. The van der Waals surface area contributed by atoms with Gasteiger partial charge in [0.15, 0.2) is 5.52 Å². The second-order valence-corrected chi connectivity index (χ2v) is 5.09. The molecule has 22 heavy (non-hydrogen) atoms. The van der Waals surface area contributed by atoms with E-state index >= 15 is 0 Å². The topological polar surface area (TPSA) is 97.7 Å². The Morgan fingerprint density at radius 3 is 3.14 bits per heavy atom. The highest BCUT2D eigenvalue weighted by molar-refractivity contribution is 6.30. The molecule has 0 radical (unpaired) electrons. The number of nitrogens with zero attached hydrogens (tertiary/aromatic N) is 4. The predicted molar refractivity (Wildman–Crippen MR) is 77.2 cm³/mol. The van der Waals surface area contributed by atoms with Crippen LogP contribution in [-0.2, 0) is 4.74 Å². The lowest BCUT2D eigenvalue weighted by molar-refractivity contribution is -0.0416. The van der Waals surface area contributed by atoms with Gasteiger partial charge in [0, 0.05) is 25.0 Å². The first-order valence-electron chi connectivity index (χ1n) is 6.63.